The van der Waals surface area contributed by atoms with Crippen molar-refractivity contribution in [1.82, 2.24) is 9.78 Å². The van der Waals surface area contributed by atoms with Crippen LogP contribution in [0.5, 0.6) is 0 Å². The van der Waals surface area contributed by atoms with E-state index in [9.17, 15) is 9.00 Å². The van der Waals surface area contributed by atoms with Gasteiger partial charge in [-0.25, -0.2) is 4.68 Å². The molecule has 1 aromatic heterocycles. The van der Waals surface area contributed by atoms with Crippen LogP contribution in [0.15, 0.2) is 65.7 Å². The number of aldehydes is 1. The third-order valence-electron chi connectivity index (χ3n) is 3.35. The van der Waals surface area contributed by atoms with Crippen LogP contribution in [0.3, 0.4) is 0 Å². The van der Waals surface area contributed by atoms with Gasteiger partial charge in [-0.15, -0.1) is 0 Å². The number of para-hydroxylation sites is 1. The van der Waals surface area contributed by atoms with Gasteiger partial charge >= 0.3 is 0 Å². The van der Waals surface area contributed by atoms with E-state index in [2.05, 4.69) is 5.10 Å². The summed E-state index contributed by atoms with van der Waals surface area (Å²) < 4.78 is 13.1. The molecule has 0 N–H and O–H groups in total. The van der Waals surface area contributed by atoms with Crippen molar-refractivity contribution in [3.8, 4) is 16.9 Å². The van der Waals surface area contributed by atoms with Crippen molar-refractivity contribution in [2.75, 3.05) is 6.26 Å². The average Bonchev–Trinajstić information content (AvgIpc) is 3.00. The fraction of sp³-hybridized carbons (Fsp3) is 0.0588. The second-order valence-corrected chi connectivity index (χ2v) is 6.19. The molecule has 3 aromatic rings. The van der Waals surface area contributed by atoms with Crippen LogP contribution in [0.1, 0.15) is 10.4 Å². The van der Waals surface area contributed by atoms with Crippen molar-refractivity contribution in [3.05, 3.63) is 66.4 Å². The van der Waals surface area contributed by atoms with Gasteiger partial charge in [-0.2, -0.15) is 5.10 Å². The summed E-state index contributed by atoms with van der Waals surface area (Å²) in [6.07, 6.45) is 4.15. The lowest BCUT2D eigenvalue weighted by Gasteiger charge is -2.01. The molecule has 0 fully saturated rings. The summed E-state index contributed by atoms with van der Waals surface area (Å²) >= 11 is 0. The maximum absolute atomic E-state index is 11.4. The first-order valence-corrected chi connectivity index (χ1v) is 8.29. The normalized spacial score (nSPS) is 12.0. The minimum absolute atomic E-state index is 0.522. The smallest absolute Gasteiger partial charge is 0.153 e. The fourth-order valence-corrected chi connectivity index (χ4v) is 2.73. The molecule has 0 amide bonds. The molecule has 0 aliphatic carbocycles. The number of carbonyl (C=O) groups is 1. The molecular formula is C17H14N2O2S. The Morgan fingerprint density at radius 2 is 1.73 bits per heavy atom. The first-order valence-electron chi connectivity index (χ1n) is 6.73. The van der Waals surface area contributed by atoms with Crippen molar-refractivity contribution in [3.63, 3.8) is 0 Å². The van der Waals surface area contributed by atoms with E-state index in [1.165, 1.54) is 0 Å². The summed E-state index contributed by atoms with van der Waals surface area (Å²) in [7, 11) is -1.02. The predicted molar refractivity (Wildman–Crippen MR) is 86.7 cm³/mol. The summed E-state index contributed by atoms with van der Waals surface area (Å²) in [6.45, 7) is 0. The van der Waals surface area contributed by atoms with E-state index in [1.54, 1.807) is 29.3 Å². The van der Waals surface area contributed by atoms with E-state index < -0.39 is 10.8 Å². The van der Waals surface area contributed by atoms with Crippen LogP contribution in [0.2, 0.25) is 0 Å². The van der Waals surface area contributed by atoms with Gasteiger partial charge in [-0.05, 0) is 24.3 Å². The number of rotatable bonds is 4. The summed E-state index contributed by atoms with van der Waals surface area (Å²) in [6, 6.07) is 16.9. The quantitative estimate of drug-likeness (QED) is 0.696. The van der Waals surface area contributed by atoms with Gasteiger partial charge < -0.3 is 0 Å². The lowest BCUT2D eigenvalue weighted by atomic mass is 10.1. The van der Waals surface area contributed by atoms with Crippen LogP contribution < -0.4 is 0 Å². The van der Waals surface area contributed by atoms with E-state index in [4.69, 9.17) is 0 Å². The highest BCUT2D eigenvalue weighted by Crippen LogP contribution is 2.23. The molecule has 1 unspecified atom stereocenters. The van der Waals surface area contributed by atoms with Crippen molar-refractivity contribution in [1.29, 1.82) is 0 Å². The van der Waals surface area contributed by atoms with Gasteiger partial charge in [-0.3, -0.25) is 9.00 Å². The van der Waals surface area contributed by atoms with Crippen molar-refractivity contribution < 1.29 is 9.00 Å². The summed E-state index contributed by atoms with van der Waals surface area (Å²) in [5, 5.41) is 4.51. The molecule has 110 valence electrons. The number of carbonyl (C=O) groups excluding carboxylic acids is 1. The van der Waals surface area contributed by atoms with Crippen LogP contribution in [-0.4, -0.2) is 26.5 Å². The minimum Gasteiger partial charge on any atom is -0.298 e. The van der Waals surface area contributed by atoms with Gasteiger partial charge in [-0.1, -0.05) is 30.3 Å². The Morgan fingerprint density at radius 1 is 1.05 bits per heavy atom. The summed E-state index contributed by atoms with van der Waals surface area (Å²) in [4.78, 5) is 12.1. The Labute approximate surface area is 130 Å². The first-order chi connectivity index (χ1) is 10.7. The molecule has 2 aromatic carbocycles. The molecule has 0 saturated heterocycles. The Hall–Kier alpha value is -2.53. The number of hydrogen-bond donors (Lipinski definition) is 0. The second kappa shape index (κ2) is 6.07. The molecular weight excluding hydrogens is 296 g/mol. The molecule has 4 nitrogen and oxygen atoms in total. The molecule has 3 rings (SSSR count). The Kier molecular flexibility index (Phi) is 3.98. The van der Waals surface area contributed by atoms with Crippen LogP contribution in [0.25, 0.3) is 16.9 Å². The van der Waals surface area contributed by atoms with E-state index in [1.807, 2.05) is 42.5 Å². The summed E-state index contributed by atoms with van der Waals surface area (Å²) in [5.74, 6) is 0. The molecule has 22 heavy (non-hydrogen) atoms. The lowest BCUT2D eigenvalue weighted by molar-refractivity contribution is 0.112. The van der Waals surface area contributed by atoms with Gasteiger partial charge in [0.2, 0.25) is 0 Å². The molecule has 0 radical (unpaired) electrons. The second-order valence-electron chi connectivity index (χ2n) is 4.81. The molecule has 0 aliphatic heterocycles. The topological polar surface area (TPSA) is 52.0 Å². The monoisotopic (exact) mass is 310 g/mol. The Balaban J connectivity index is 2.05. The highest BCUT2D eigenvalue weighted by Gasteiger charge is 2.12. The van der Waals surface area contributed by atoms with Gasteiger partial charge in [0.05, 0.1) is 11.3 Å². The molecule has 1 atom stereocenters. The van der Waals surface area contributed by atoms with E-state index in [-0.39, 0.29) is 0 Å². The van der Waals surface area contributed by atoms with Gasteiger partial charge in [0.1, 0.15) is 5.69 Å². The zero-order valence-corrected chi connectivity index (χ0v) is 12.8. The molecule has 0 saturated carbocycles. The summed E-state index contributed by atoms with van der Waals surface area (Å²) in [5.41, 5.74) is 2.86. The van der Waals surface area contributed by atoms with E-state index in [0.717, 1.165) is 22.4 Å². The molecule has 0 bridgehead atoms. The number of hydrogen-bond acceptors (Lipinski definition) is 3. The predicted octanol–water partition coefficient (Wildman–Crippen LogP) is 3.09. The maximum atomic E-state index is 11.4. The average molecular weight is 310 g/mol. The molecule has 0 aliphatic rings. The highest BCUT2D eigenvalue weighted by atomic mass is 32.2. The van der Waals surface area contributed by atoms with Crippen LogP contribution >= 0.6 is 0 Å². The SMILES string of the molecule is CS(=O)c1ccc(-c2nn(-c3ccccc3)cc2C=O)cc1. The Morgan fingerprint density at radius 3 is 2.32 bits per heavy atom. The van der Waals surface area contributed by atoms with Crippen molar-refractivity contribution in [2.45, 2.75) is 4.90 Å². The number of aromatic nitrogens is 2. The largest absolute Gasteiger partial charge is 0.298 e. The van der Waals surface area contributed by atoms with Crippen LogP contribution in [-0.2, 0) is 10.8 Å². The van der Waals surface area contributed by atoms with Gasteiger partial charge in [0.15, 0.2) is 6.29 Å². The lowest BCUT2D eigenvalue weighted by Crippen LogP contribution is -1.94. The first kappa shape index (κ1) is 14.4. The van der Waals surface area contributed by atoms with Gasteiger partial charge in [0.25, 0.3) is 0 Å². The van der Waals surface area contributed by atoms with Crippen molar-refractivity contribution in [2.24, 2.45) is 0 Å². The highest BCUT2D eigenvalue weighted by molar-refractivity contribution is 7.84. The van der Waals surface area contributed by atoms with E-state index in [0.29, 0.717) is 11.3 Å². The fourth-order valence-electron chi connectivity index (χ4n) is 2.22. The third kappa shape index (κ3) is 2.76. The number of benzene rings is 2. The molecule has 1 heterocycles. The Bertz CT molecular complexity index is 824. The number of nitrogens with zero attached hydrogens (tertiary/aromatic N) is 2. The van der Waals surface area contributed by atoms with Gasteiger partial charge in [0, 0.05) is 33.7 Å². The maximum Gasteiger partial charge on any atom is 0.153 e. The zero-order chi connectivity index (χ0) is 15.5. The van der Waals surface area contributed by atoms with Crippen molar-refractivity contribution >= 4 is 17.1 Å². The standard InChI is InChI=1S/C17H14N2O2S/c1-22(21)16-9-7-13(8-10-16)17-14(12-20)11-19(18-17)15-5-3-2-4-6-15/h2-12H,1H3. The van der Waals surface area contributed by atoms with E-state index >= 15 is 0 Å². The third-order valence-corrected chi connectivity index (χ3v) is 4.29. The minimum atomic E-state index is -1.02. The van der Waals surface area contributed by atoms with Crippen LogP contribution in [0.4, 0.5) is 0 Å². The molecule has 5 heteroatoms. The zero-order valence-electron chi connectivity index (χ0n) is 12.0. The molecule has 0 spiro atoms. The van der Waals surface area contributed by atoms with Crippen LogP contribution in [0, 0.1) is 0 Å².